The SMILES string of the molecule is CCCCN(C)Cc1ccc(CNCC)cn1. The summed E-state index contributed by atoms with van der Waals surface area (Å²) in [6, 6.07) is 4.30. The van der Waals surface area contributed by atoms with Gasteiger partial charge in [-0.2, -0.15) is 0 Å². The second-order valence-electron chi connectivity index (χ2n) is 4.53. The molecule has 1 heterocycles. The average molecular weight is 235 g/mol. The highest BCUT2D eigenvalue weighted by Gasteiger charge is 2.01. The van der Waals surface area contributed by atoms with E-state index in [9.17, 15) is 0 Å². The fourth-order valence-corrected chi connectivity index (χ4v) is 1.71. The second-order valence-corrected chi connectivity index (χ2v) is 4.53. The maximum Gasteiger partial charge on any atom is 0.0544 e. The van der Waals surface area contributed by atoms with E-state index in [1.54, 1.807) is 0 Å². The molecule has 0 amide bonds. The highest BCUT2D eigenvalue weighted by molar-refractivity contribution is 5.13. The van der Waals surface area contributed by atoms with Crippen LogP contribution >= 0.6 is 0 Å². The van der Waals surface area contributed by atoms with Gasteiger partial charge in [0.2, 0.25) is 0 Å². The molecular weight excluding hydrogens is 210 g/mol. The molecule has 0 unspecified atom stereocenters. The topological polar surface area (TPSA) is 28.2 Å². The summed E-state index contributed by atoms with van der Waals surface area (Å²) in [6.45, 7) is 8.35. The Morgan fingerprint density at radius 2 is 2.12 bits per heavy atom. The summed E-state index contributed by atoms with van der Waals surface area (Å²) < 4.78 is 0. The molecule has 1 rings (SSSR count). The number of rotatable bonds is 8. The molecule has 17 heavy (non-hydrogen) atoms. The molecule has 96 valence electrons. The molecule has 3 nitrogen and oxygen atoms in total. The fraction of sp³-hybridized carbons (Fsp3) is 0.643. The molecule has 1 aromatic rings. The zero-order chi connectivity index (χ0) is 12.5. The Morgan fingerprint density at radius 3 is 2.71 bits per heavy atom. The van der Waals surface area contributed by atoms with Crippen LogP contribution in [0.15, 0.2) is 18.3 Å². The van der Waals surface area contributed by atoms with E-state index in [-0.39, 0.29) is 0 Å². The molecule has 3 heteroatoms. The minimum Gasteiger partial charge on any atom is -0.313 e. The summed E-state index contributed by atoms with van der Waals surface area (Å²) in [4.78, 5) is 6.83. The van der Waals surface area contributed by atoms with E-state index in [1.807, 2.05) is 6.20 Å². The van der Waals surface area contributed by atoms with Crippen LogP contribution < -0.4 is 5.32 Å². The maximum absolute atomic E-state index is 4.50. The van der Waals surface area contributed by atoms with E-state index in [2.05, 4.69) is 48.2 Å². The number of aromatic nitrogens is 1. The fourth-order valence-electron chi connectivity index (χ4n) is 1.71. The molecule has 0 saturated carbocycles. The third-order valence-corrected chi connectivity index (χ3v) is 2.79. The highest BCUT2D eigenvalue weighted by Crippen LogP contribution is 2.04. The molecule has 0 spiro atoms. The third-order valence-electron chi connectivity index (χ3n) is 2.79. The van der Waals surface area contributed by atoms with E-state index in [0.717, 1.165) is 31.9 Å². The normalized spacial score (nSPS) is 11.1. The number of hydrogen-bond donors (Lipinski definition) is 1. The van der Waals surface area contributed by atoms with Crippen molar-refractivity contribution in [1.29, 1.82) is 0 Å². The van der Waals surface area contributed by atoms with Crippen molar-refractivity contribution in [2.24, 2.45) is 0 Å². The maximum atomic E-state index is 4.50. The first-order chi connectivity index (χ1) is 8.26. The van der Waals surface area contributed by atoms with Gasteiger partial charge >= 0.3 is 0 Å². The van der Waals surface area contributed by atoms with E-state index < -0.39 is 0 Å². The summed E-state index contributed by atoms with van der Waals surface area (Å²) >= 11 is 0. The van der Waals surface area contributed by atoms with E-state index >= 15 is 0 Å². The van der Waals surface area contributed by atoms with Gasteiger partial charge in [0.1, 0.15) is 0 Å². The van der Waals surface area contributed by atoms with Gasteiger partial charge in [0.25, 0.3) is 0 Å². The van der Waals surface area contributed by atoms with Crippen LogP contribution in [0.5, 0.6) is 0 Å². The molecule has 1 N–H and O–H groups in total. The lowest BCUT2D eigenvalue weighted by Gasteiger charge is -2.15. The van der Waals surface area contributed by atoms with Crippen molar-refractivity contribution in [3.8, 4) is 0 Å². The van der Waals surface area contributed by atoms with Crippen LogP contribution in [0.3, 0.4) is 0 Å². The summed E-state index contributed by atoms with van der Waals surface area (Å²) in [5.74, 6) is 0. The standard InChI is InChI=1S/C14H25N3/c1-4-6-9-17(3)12-14-8-7-13(11-16-14)10-15-5-2/h7-8,11,15H,4-6,9-10,12H2,1-3H3. The first-order valence-electron chi connectivity index (χ1n) is 6.59. The molecule has 0 aromatic carbocycles. The van der Waals surface area contributed by atoms with E-state index in [4.69, 9.17) is 0 Å². The number of hydrogen-bond acceptors (Lipinski definition) is 3. The molecule has 0 aliphatic carbocycles. The van der Waals surface area contributed by atoms with Gasteiger partial charge in [-0.1, -0.05) is 26.3 Å². The molecule has 0 aliphatic rings. The van der Waals surface area contributed by atoms with Gasteiger partial charge in [-0.25, -0.2) is 0 Å². The Morgan fingerprint density at radius 1 is 1.29 bits per heavy atom. The monoisotopic (exact) mass is 235 g/mol. The van der Waals surface area contributed by atoms with Crippen molar-refractivity contribution in [1.82, 2.24) is 15.2 Å². The predicted octanol–water partition coefficient (Wildman–Crippen LogP) is 2.42. The van der Waals surface area contributed by atoms with Gasteiger partial charge in [-0.15, -0.1) is 0 Å². The van der Waals surface area contributed by atoms with Gasteiger partial charge in [0.05, 0.1) is 5.69 Å². The van der Waals surface area contributed by atoms with Gasteiger partial charge < -0.3 is 10.2 Å². The average Bonchev–Trinajstić information content (AvgIpc) is 2.35. The number of unbranched alkanes of at least 4 members (excludes halogenated alkanes) is 1. The van der Waals surface area contributed by atoms with Crippen molar-refractivity contribution in [3.63, 3.8) is 0 Å². The summed E-state index contributed by atoms with van der Waals surface area (Å²) in [6.07, 6.45) is 4.49. The molecule has 0 fully saturated rings. The van der Waals surface area contributed by atoms with Crippen LogP contribution in [-0.4, -0.2) is 30.0 Å². The molecule has 0 bridgehead atoms. The third kappa shape index (κ3) is 5.80. The van der Waals surface area contributed by atoms with Crippen LogP contribution in [0.25, 0.3) is 0 Å². The largest absolute Gasteiger partial charge is 0.313 e. The lowest BCUT2D eigenvalue weighted by atomic mass is 10.2. The van der Waals surface area contributed by atoms with Crippen molar-refractivity contribution in [3.05, 3.63) is 29.6 Å². The quantitative estimate of drug-likeness (QED) is 0.750. The zero-order valence-corrected chi connectivity index (χ0v) is 11.4. The number of nitrogens with one attached hydrogen (secondary N) is 1. The van der Waals surface area contributed by atoms with Crippen molar-refractivity contribution >= 4 is 0 Å². The van der Waals surface area contributed by atoms with Crippen molar-refractivity contribution in [2.75, 3.05) is 20.1 Å². The van der Waals surface area contributed by atoms with E-state index in [1.165, 1.54) is 18.4 Å². The van der Waals surface area contributed by atoms with Crippen LogP contribution in [-0.2, 0) is 13.1 Å². The summed E-state index contributed by atoms with van der Waals surface area (Å²) in [7, 11) is 2.16. The molecule has 0 radical (unpaired) electrons. The minimum atomic E-state index is 0.912. The highest BCUT2D eigenvalue weighted by atomic mass is 15.1. The van der Waals surface area contributed by atoms with Gasteiger partial charge in [-0.3, -0.25) is 4.98 Å². The zero-order valence-electron chi connectivity index (χ0n) is 11.4. The Kier molecular flexibility index (Phi) is 6.82. The first kappa shape index (κ1) is 14.1. The van der Waals surface area contributed by atoms with Crippen LogP contribution in [0, 0.1) is 0 Å². The molecule has 0 saturated heterocycles. The molecular formula is C14H25N3. The minimum absolute atomic E-state index is 0.912. The Labute approximate surface area is 105 Å². The van der Waals surface area contributed by atoms with Crippen LogP contribution in [0.4, 0.5) is 0 Å². The number of pyridine rings is 1. The lowest BCUT2D eigenvalue weighted by Crippen LogP contribution is -2.19. The molecule has 0 atom stereocenters. The Hall–Kier alpha value is -0.930. The smallest absolute Gasteiger partial charge is 0.0544 e. The first-order valence-corrected chi connectivity index (χ1v) is 6.59. The molecule has 0 aliphatic heterocycles. The Bertz CT molecular complexity index is 295. The van der Waals surface area contributed by atoms with Crippen molar-refractivity contribution < 1.29 is 0 Å². The summed E-state index contributed by atoms with van der Waals surface area (Å²) in [5.41, 5.74) is 2.41. The van der Waals surface area contributed by atoms with Crippen molar-refractivity contribution in [2.45, 2.75) is 39.8 Å². The lowest BCUT2D eigenvalue weighted by molar-refractivity contribution is 0.317. The number of nitrogens with zero attached hydrogens (tertiary/aromatic N) is 2. The van der Waals surface area contributed by atoms with Gasteiger partial charge in [0, 0.05) is 19.3 Å². The van der Waals surface area contributed by atoms with Gasteiger partial charge in [-0.05, 0) is 38.2 Å². The van der Waals surface area contributed by atoms with E-state index in [0.29, 0.717) is 0 Å². The van der Waals surface area contributed by atoms with Crippen LogP contribution in [0.1, 0.15) is 37.9 Å². The second kappa shape index (κ2) is 8.20. The van der Waals surface area contributed by atoms with Crippen LogP contribution in [0.2, 0.25) is 0 Å². The Balaban J connectivity index is 2.39. The summed E-state index contributed by atoms with van der Waals surface area (Å²) in [5, 5.41) is 3.30. The molecule has 1 aromatic heterocycles. The van der Waals surface area contributed by atoms with Gasteiger partial charge in [0.15, 0.2) is 0 Å². The predicted molar refractivity (Wildman–Crippen MR) is 72.9 cm³/mol.